The molecule has 2 saturated heterocycles. The molecule has 0 amide bonds. The number of hydrogen-bond donors (Lipinski definition) is 7. The van der Waals surface area contributed by atoms with Gasteiger partial charge in [0.05, 0.1) is 19.8 Å². The lowest BCUT2D eigenvalue weighted by molar-refractivity contribution is -0.335. The van der Waals surface area contributed by atoms with Crippen molar-refractivity contribution in [2.75, 3.05) is 19.8 Å². The van der Waals surface area contributed by atoms with Crippen LogP contribution in [0.3, 0.4) is 0 Å². The van der Waals surface area contributed by atoms with Gasteiger partial charge < -0.3 is 50.0 Å². The number of aliphatic hydroxyl groups excluding tert-OH is 7. The van der Waals surface area contributed by atoms with E-state index in [-0.39, 0.29) is 6.61 Å². The van der Waals surface area contributed by atoms with Crippen LogP contribution in [0.1, 0.15) is 0 Å². The van der Waals surface area contributed by atoms with E-state index in [4.69, 9.17) is 24.4 Å². The molecule has 10 nitrogen and oxygen atoms in total. The first-order valence-corrected chi connectivity index (χ1v) is 6.95. The van der Waals surface area contributed by atoms with Crippen molar-refractivity contribution in [3.8, 4) is 0 Å². The average Bonchev–Trinajstić information content (AvgIpc) is 2.51. The van der Waals surface area contributed by atoms with Gasteiger partial charge in [-0.2, -0.15) is 0 Å². The summed E-state index contributed by atoms with van der Waals surface area (Å²) >= 11 is 0. The van der Waals surface area contributed by atoms with Crippen LogP contribution < -0.4 is 0 Å². The number of rotatable bonds is 4. The lowest BCUT2D eigenvalue weighted by Gasteiger charge is -2.44. The highest BCUT2D eigenvalue weighted by atomic mass is 16.7. The van der Waals surface area contributed by atoms with Crippen LogP contribution in [-0.2, 0) is 14.2 Å². The Balaban J connectivity index is 2.07. The molecule has 2 aliphatic rings. The number of hydrogen-bond acceptors (Lipinski definition) is 10. The van der Waals surface area contributed by atoms with E-state index in [0.717, 1.165) is 0 Å². The summed E-state index contributed by atoms with van der Waals surface area (Å²) in [6.07, 6.45) is -12.3. The van der Waals surface area contributed by atoms with Crippen molar-refractivity contribution in [3.63, 3.8) is 0 Å². The molecule has 0 saturated carbocycles. The summed E-state index contributed by atoms with van der Waals surface area (Å²) in [6.45, 7) is -1.32. The zero-order valence-electron chi connectivity index (χ0n) is 11.7. The predicted octanol–water partition coefficient (Wildman–Crippen LogP) is -4.72. The summed E-state index contributed by atoms with van der Waals surface area (Å²) in [5.41, 5.74) is 0. The van der Waals surface area contributed by atoms with Crippen LogP contribution in [0, 0.1) is 0 Å². The van der Waals surface area contributed by atoms with Gasteiger partial charge in [0.2, 0.25) is 0 Å². The van der Waals surface area contributed by atoms with Crippen LogP contribution in [0.25, 0.3) is 0 Å². The second kappa shape index (κ2) is 7.45. The standard InChI is InChI=1S/C12H22O10/c13-1-5-8(17)11(4(15)3-20-5)22-12-10(19)9(18)7(16)6(2-14)21-12/h4-19H,1-3H2/t4-,5-,6-,7-,8-,9+,10-,11-,12-/m1/s1. The van der Waals surface area contributed by atoms with Crippen molar-refractivity contribution in [2.45, 2.75) is 55.1 Å². The second-order valence-corrected chi connectivity index (χ2v) is 5.41. The molecule has 0 spiro atoms. The van der Waals surface area contributed by atoms with E-state index in [0.29, 0.717) is 0 Å². The Bertz CT molecular complexity index is 353. The molecule has 0 aromatic carbocycles. The van der Waals surface area contributed by atoms with Crippen molar-refractivity contribution in [3.05, 3.63) is 0 Å². The maximum Gasteiger partial charge on any atom is 0.187 e. The Morgan fingerprint density at radius 1 is 0.818 bits per heavy atom. The topological polar surface area (TPSA) is 169 Å². The van der Waals surface area contributed by atoms with Crippen molar-refractivity contribution in [1.82, 2.24) is 0 Å². The van der Waals surface area contributed by atoms with Gasteiger partial charge in [-0.25, -0.2) is 0 Å². The third-order valence-electron chi connectivity index (χ3n) is 3.90. The first kappa shape index (κ1) is 17.9. The van der Waals surface area contributed by atoms with E-state index in [9.17, 15) is 25.5 Å². The molecule has 2 aliphatic heterocycles. The van der Waals surface area contributed by atoms with E-state index in [1.54, 1.807) is 0 Å². The Hall–Kier alpha value is -0.400. The molecule has 2 rings (SSSR count). The van der Waals surface area contributed by atoms with Crippen molar-refractivity contribution in [1.29, 1.82) is 0 Å². The van der Waals surface area contributed by atoms with Gasteiger partial charge in [-0.3, -0.25) is 0 Å². The van der Waals surface area contributed by atoms with Gasteiger partial charge in [-0.05, 0) is 0 Å². The highest BCUT2D eigenvalue weighted by molar-refractivity contribution is 4.92. The molecule has 9 atom stereocenters. The van der Waals surface area contributed by atoms with Crippen LogP contribution in [0.4, 0.5) is 0 Å². The molecular formula is C12H22O10. The predicted molar refractivity (Wildman–Crippen MR) is 67.5 cm³/mol. The Morgan fingerprint density at radius 2 is 1.45 bits per heavy atom. The van der Waals surface area contributed by atoms with Crippen molar-refractivity contribution in [2.24, 2.45) is 0 Å². The van der Waals surface area contributed by atoms with Gasteiger partial charge in [-0.15, -0.1) is 0 Å². The zero-order chi connectivity index (χ0) is 16.4. The molecule has 0 bridgehead atoms. The molecule has 130 valence electrons. The number of ether oxygens (including phenoxy) is 3. The summed E-state index contributed by atoms with van der Waals surface area (Å²) < 4.78 is 15.5. The van der Waals surface area contributed by atoms with E-state index >= 15 is 0 Å². The van der Waals surface area contributed by atoms with Crippen LogP contribution >= 0.6 is 0 Å². The van der Waals surface area contributed by atoms with E-state index in [1.807, 2.05) is 0 Å². The Labute approximate surface area is 126 Å². The van der Waals surface area contributed by atoms with Gasteiger partial charge in [0.15, 0.2) is 6.29 Å². The first-order chi connectivity index (χ1) is 10.4. The maximum atomic E-state index is 9.99. The highest BCUT2D eigenvalue weighted by Crippen LogP contribution is 2.26. The molecule has 0 aromatic rings. The summed E-state index contributed by atoms with van der Waals surface area (Å²) in [7, 11) is 0. The van der Waals surface area contributed by atoms with E-state index < -0.39 is 68.3 Å². The molecule has 2 fully saturated rings. The van der Waals surface area contributed by atoms with Gasteiger partial charge in [0.25, 0.3) is 0 Å². The lowest BCUT2D eigenvalue weighted by atomic mass is 9.97. The fourth-order valence-electron chi connectivity index (χ4n) is 2.52. The van der Waals surface area contributed by atoms with Crippen LogP contribution in [0.2, 0.25) is 0 Å². The van der Waals surface area contributed by atoms with Gasteiger partial charge in [0.1, 0.15) is 48.8 Å². The molecule has 10 heteroatoms. The molecule has 0 aliphatic carbocycles. The van der Waals surface area contributed by atoms with E-state index in [1.165, 1.54) is 0 Å². The Morgan fingerprint density at radius 3 is 2.05 bits per heavy atom. The average molecular weight is 326 g/mol. The second-order valence-electron chi connectivity index (χ2n) is 5.41. The summed E-state index contributed by atoms with van der Waals surface area (Å²) in [5.74, 6) is 0. The minimum atomic E-state index is -1.65. The smallest absolute Gasteiger partial charge is 0.187 e. The van der Waals surface area contributed by atoms with Crippen molar-refractivity contribution < 1.29 is 50.0 Å². The minimum Gasteiger partial charge on any atom is -0.394 e. The number of aliphatic hydroxyl groups is 7. The normalized spacial score (nSPS) is 50.0. The molecule has 0 radical (unpaired) electrons. The fourth-order valence-corrected chi connectivity index (χ4v) is 2.52. The molecule has 2 heterocycles. The molecule has 7 N–H and O–H groups in total. The molecule has 0 aromatic heterocycles. The third kappa shape index (κ3) is 3.41. The minimum absolute atomic E-state index is 0.204. The monoisotopic (exact) mass is 326 g/mol. The van der Waals surface area contributed by atoms with Crippen LogP contribution in [0.15, 0.2) is 0 Å². The van der Waals surface area contributed by atoms with Crippen LogP contribution in [-0.4, -0.2) is 111 Å². The molecular weight excluding hydrogens is 304 g/mol. The van der Waals surface area contributed by atoms with Gasteiger partial charge in [-0.1, -0.05) is 0 Å². The summed E-state index contributed by atoms with van der Waals surface area (Å²) in [6, 6.07) is 0. The zero-order valence-corrected chi connectivity index (χ0v) is 11.7. The SMILES string of the molecule is OC[C@H]1O[C@H](O[C@H]2[C@H](O)[C@@H](CO)OC[C@H]2O)[C@H](O)[C@@H](O)[C@@H]1O. The fraction of sp³-hybridized carbons (Fsp3) is 1.00. The van der Waals surface area contributed by atoms with Gasteiger partial charge >= 0.3 is 0 Å². The largest absolute Gasteiger partial charge is 0.394 e. The van der Waals surface area contributed by atoms with Crippen LogP contribution in [0.5, 0.6) is 0 Å². The van der Waals surface area contributed by atoms with E-state index in [2.05, 4.69) is 0 Å². The quantitative estimate of drug-likeness (QED) is 0.266. The Kier molecular flexibility index (Phi) is 6.07. The summed E-state index contributed by atoms with van der Waals surface area (Å²) in [4.78, 5) is 0. The molecule has 0 unspecified atom stereocenters. The molecule has 22 heavy (non-hydrogen) atoms. The first-order valence-electron chi connectivity index (χ1n) is 6.95. The third-order valence-corrected chi connectivity index (χ3v) is 3.90. The summed E-state index contributed by atoms with van der Waals surface area (Å²) in [5, 5.41) is 67.2. The maximum absolute atomic E-state index is 9.99. The highest BCUT2D eigenvalue weighted by Gasteiger charge is 2.48. The van der Waals surface area contributed by atoms with Gasteiger partial charge in [0, 0.05) is 0 Å². The lowest BCUT2D eigenvalue weighted by Crippen LogP contribution is -2.63. The van der Waals surface area contributed by atoms with Crippen molar-refractivity contribution >= 4 is 0 Å².